The summed E-state index contributed by atoms with van der Waals surface area (Å²) in [7, 11) is 0. The zero-order valence-electron chi connectivity index (χ0n) is 10.7. The Labute approximate surface area is 108 Å². The molecule has 3 unspecified atom stereocenters. The third-order valence-corrected chi connectivity index (χ3v) is 3.80. The van der Waals surface area contributed by atoms with Crippen LogP contribution < -0.4 is 0 Å². The standard InChI is InChI=1S/C11H16O8/c1-5(7(14)15)11(3,9(18)19)10(2,8(16)17)4-6(12)13/h5H,4H2,1-3H3,(H,12,13)(H,14,15)(H,16,17)(H,18,19). The van der Waals surface area contributed by atoms with Gasteiger partial charge in [0.15, 0.2) is 0 Å². The molecule has 0 spiro atoms. The monoisotopic (exact) mass is 276 g/mol. The molecule has 0 aromatic heterocycles. The third-order valence-electron chi connectivity index (χ3n) is 3.80. The fourth-order valence-electron chi connectivity index (χ4n) is 1.93. The Morgan fingerprint density at radius 1 is 0.947 bits per heavy atom. The van der Waals surface area contributed by atoms with Gasteiger partial charge < -0.3 is 20.4 Å². The van der Waals surface area contributed by atoms with Crippen molar-refractivity contribution in [3.8, 4) is 0 Å². The maximum atomic E-state index is 11.4. The van der Waals surface area contributed by atoms with Crippen molar-refractivity contribution in [1.82, 2.24) is 0 Å². The molecule has 0 aliphatic carbocycles. The Balaban J connectivity index is 6.08. The van der Waals surface area contributed by atoms with Gasteiger partial charge in [0.2, 0.25) is 0 Å². The third kappa shape index (κ3) is 2.67. The van der Waals surface area contributed by atoms with E-state index in [2.05, 4.69) is 0 Å². The molecule has 0 saturated heterocycles. The predicted octanol–water partition coefficient (Wildman–Crippen LogP) is 0.364. The Morgan fingerprint density at radius 3 is 1.58 bits per heavy atom. The van der Waals surface area contributed by atoms with E-state index in [-0.39, 0.29) is 0 Å². The molecule has 0 bridgehead atoms. The van der Waals surface area contributed by atoms with E-state index in [0.29, 0.717) is 0 Å². The van der Waals surface area contributed by atoms with Crippen LogP contribution in [0, 0.1) is 16.7 Å². The van der Waals surface area contributed by atoms with E-state index in [4.69, 9.17) is 10.2 Å². The van der Waals surface area contributed by atoms with Gasteiger partial charge >= 0.3 is 23.9 Å². The average Bonchev–Trinajstić information content (AvgIpc) is 2.24. The summed E-state index contributed by atoms with van der Waals surface area (Å²) in [6, 6.07) is 0. The molecule has 0 radical (unpaired) electrons. The van der Waals surface area contributed by atoms with Crippen LogP contribution in [0.5, 0.6) is 0 Å². The number of carbonyl (C=O) groups is 4. The summed E-state index contributed by atoms with van der Waals surface area (Å²) < 4.78 is 0. The topological polar surface area (TPSA) is 149 Å². The molecule has 8 nitrogen and oxygen atoms in total. The molecule has 0 aliphatic heterocycles. The smallest absolute Gasteiger partial charge is 0.311 e. The molecule has 108 valence electrons. The van der Waals surface area contributed by atoms with Crippen molar-refractivity contribution >= 4 is 23.9 Å². The van der Waals surface area contributed by atoms with Gasteiger partial charge in [-0.3, -0.25) is 19.2 Å². The van der Waals surface area contributed by atoms with Crippen LogP contribution in [-0.4, -0.2) is 44.3 Å². The van der Waals surface area contributed by atoms with Crippen LogP contribution in [0.3, 0.4) is 0 Å². The maximum absolute atomic E-state index is 11.4. The van der Waals surface area contributed by atoms with Crippen molar-refractivity contribution in [3.05, 3.63) is 0 Å². The van der Waals surface area contributed by atoms with Crippen LogP contribution in [0.15, 0.2) is 0 Å². The Morgan fingerprint density at radius 2 is 1.37 bits per heavy atom. The second-order valence-electron chi connectivity index (χ2n) is 4.78. The zero-order valence-corrected chi connectivity index (χ0v) is 10.7. The number of hydrogen-bond acceptors (Lipinski definition) is 4. The van der Waals surface area contributed by atoms with Gasteiger partial charge in [0, 0.05) is 0 Å². The van der Waals surface area contributed by atoms with Crippen LogP contribution >= 0.6 is 0 Å². The van der Waals surface area contributed by atoms with Gasteiger partial charge in [0.05, 0.1) is 23.2 Å². The predicted molar refractivity (Wildman–Crippen MR) is 60.5 cm³/mol. The molecule has 3 atom stereocenters. The van der Waals surface area contributed by atoms with Crippen molar-refractivity contribution in [1.29, 1.82) is 0 Å². The summed E-state index contributed by atoms with van der Waals surface area (Å²) in [5.74, 6) is -7.95. The highest BCUT2D eigenvalue weighted by molar-refractivity contribution is 5.92. The van der Waals surface area contributed by atoms with Crippen LogP contribution in [0.2, 0.25) is 0 Å². The first-order chi connectivity index (χ1) is 8.41. The Bertz CT molecular complexity index is 428. The lowest BCUT2D eigenvalue weighted by molar-refractivity contribution is -0.184. The highest BCUT2D eigenvalue weighted by Crippen LogP contribution is 2.48. The van der Waals surface area contributed by atoms with Crippen LogP contribution in [0.4, 0.5) is 0 Å². The summed E-state index contributed by atoms with van der Waals surface area (Å²) >= 11 is 0. The normalized spacial score (nSPS) is 18.7. The minimum Gasteiger partial charge on any atom is -0.481 e. The largest absolute Gasteiger partial charge is 0.481 e. The molecule has 19 heavy (non-hydrogen) atoms. The van der Waals surface area contributed by atoms with E-state index in [1.54, 1.807) is 0 Å². The van der Waals surface area contributed by atoms with Crippen LogP contribution in [0.25, 0.3) is 0 Å². The van der Waals surface area contributed by atoms with Crippen molar-refractivity contribution in [3.63, 3.8) is 0 Å². The van der Waals surface area contributed by atoms with Gasteiger partial charge in [0.1, 0.15) is 0 Å². The molecular formula is C11H16O8. The maximum Gasteiger partial charge on any atom is 0.311 e. The van der Waals surface area contributed by atoms with Gasteiger partial charge in [-0.2, -0.15) is 0 Å². The Hall–Kier alpha value is -2.12. The summed E-state index contributed by atoms with van der Waals surface area (Å²) in [4.78, 5) is 44.5. The summed E-state index contributed by atoms with van der Waals surface area (Å²) in [6.07, 6.45) is -0.997. The van der Waals surface area contributed by atoms with Crippen molar-refractivity contribution in [2.75, 3.05) is 0 Å². The fourth-order valence-corrected chi connectivity index (χ4v) is 1.93. The van der Waals surface area contributed by atoms with Gasteiger partial charge in [0.25, 0.3) is 0 Å². The molecule has 0 rings (SSSR count). The molecule has 0 aliphatic rings. The summed E-state index contributed by atoms with van der Waals surface area (Å²) in [5, 5.41) is 36.1. The second-order valence-corrected chi connectivity index (χ2v) is 4.78. The molecule has 0 saturated carbocycles. The minimum absolute atomic E-state index is 0.928. The summed E-state index contributed by atoms with van der Waals surface area (Å²) in [5.41, 5.74) is -4.54. The molecule has 4 N–H and O–H groups in total. The molecular weight excluding hydrogens is 260 g/mol. The van der Waals surface area contributed by atoms with E-state index in [1.807, 2.05) is 0 Å². The molecule has 8 heteroatoms. The number of hydrogen-bond donors (Lipinski definition) is 4. The lowest BCUT2D eigenvalue weighted by atomic mass is 9.58. The number of aliphatic carboxylic acids is 4. The SMILES string of the molecule is CC(C(=O)O)C(C)(C(=O)O)C(C)(CC(=O)O)C(=O)O. The van der Waals surface area contributed by atoms with Gasteiger partial charge in [-0.15, -0.1) is 0 Å². The minimum atomic E-state index is -2.27. The van der Waals surface area contributed by atoms with E-state index >= 15 is 0 Å². The van der Waals surface area contributed by atoms with Gasteiger partial charge in [-0.25, -0.2) is 0 Å². The second kappa shape index (κ2) is 5.25. The number of rotatable bonds is 7. The quantitative estimate of drug-likeness (QED) is 0.520. The molecule has 0 aromatic rings. The first kappa shape index (κ1) is 16.9. The Kier molecular flexibility index (Phi) is 4.66. The molecule has 0 amide bonds. The summed E-state index contributed by atoms with van der Waals surface area (Å²) in [6.45, 7) is 2.90. The van der Waals surface area contributed by atoms with Crippen LogP contribution in [0.1, 0.15) is 27.2 Å². The van der Waals surface area contributed by atoms with Crippen molar-refractivity contribution in [2.24, 2.45) is 16.7 Å². The van der Waals surface area contributed by atoms with Gasteiger partial charge in [-0.05, 0) is 13.8 Å². The molecule has 0 fully saturated rings. The van der Waals surface area contributed by atoms with Gasteiger partial charge in [-0.1, -0.05) is 6.92 Å². The molecule has 0 aromatic carbocycles. The van der Waals surface area contributed by atoms with Crippen molar-refractivity contribution < 1.29 is 39.6 Å². The zero-order chi connectivity index (χ0) is 15.6. The fraction of sp³-hybridized carbons (Fsp3) is 0.636. The number of carboxylic acids is 4. The van der Waals surface area contributed by atoms with E-state index in [1.165, 1.54) is 0 Å². The van der Waals surface area contributed by atoms with Crippen LogP contribution in [-0.2, 0) is 19.2 Å². The van der Waals surface area contributed by atoms with E-state index < -0.39 is 47.0 Å². The highest BCUT2D eigenvalue weighted by atomic mass is 16.4. The number of carboxylic acid groups (broad SMARTS) is 4. The average molecular weight is 276 g/mol. The molecule has 0 heterocycles. The first-order valence-corrected chi connectivity index (χ1v) is 5.32. The van der Waals surface area contributed by atoms with E-state index in [0.717, 1.165) is 20.8 Å². The first-order valence-electron chi connectivity index (χ1n) is 5.32. The lowest BCUT2D eigenvalue weighted by Crippen LogP contribution is -2.55. The van der Waals surface area contributed by atoms with Crippen molar-refractivity contribution in [2.45, 2.75) is 27.2 Å². The highest BCUT2D eigenvalue weighted by Gasteiger charge is 2.61. The van der Waals surface area contributed by atoms with E-state index in [9.17, 15) is 29.4 Å². The lowest BCUT2D eigenvalue weighted by Gasteiger charge is -2.41.